The van der Waals surface area contributed by atoms with Crippen molar-refractivity contribution < 1.29 is 4.79 Å². The molecule has 2 aliphatic rings. The number of hydrogen-bond acceptors (Lipinski definition) is 1. The summed E-state index contributed by atoms with van der Waals surface area (Å²) in [7, 11) is 0. The Balaban J connectivity index is 1.92. The van der Waals surface area contributed by atoms with Crippen LogP contribution < -0.4 is 0 Å². The molecule has 1 amide bonds. The Morgan fingerprint density at radius 3 is 2.64 bits per heavy atom. The van der Waals surface area contributed by atoms with Gasteiger partial charge in [0.2, 0.25) is 5.91 Å². The van der Waals surface area contributed by atoms with Gasteiger partial charge in [-0.25, -0.2) is 0 Å². The second-order valence-corrected chi connectivity index (χ2v) is 4.79. The van der Waals surface area contributed by atoms with Crippen molar-refractivity contribution in [2.24, 2.45) is 11.8 Å². The van der Waals surface area contributed by atoms with Gasteiger partial charge in [-0.3, -0.25) is 4.79 Å². The number of rotatable bonds is 1. The minimum atomic E-state index is 0.356. The summed E-state index contributed by atoms with van der Waals surface area (Å²) >= 11 is 0. The predicted octanol–water partition coefficient (Wildman–Crippen LogP) is 2.44. The van der Waals surface area contributed by atoms with Gasteiger partial charge in [0, 0.05) is 19.5 Å². The number of carbonyl (C=O) groups excluding carboxylic acids is 1. The number of amides is 1. The summed E-state index contributed by atoms with van der Waals surface area (Å²) in [6.45, 7) is 4.04. The summed E-state index contributed by atoms with van der Waals surface area (Å²) in [4.78, 5) is 13.7. The molecule has 0 aromatic carbocycles. The average Bonchev–Trinajstić information content (AvgIpc) is 2.27. The minimum Gasteiger partial charge on any atom is -0.342 e. The van der Waals surface area contributed by atoms with Crippen LogP contribution >= 0.6 is 0 Å². The third kappa shape index (κ3) is 1.94. The van der Waals surface area contributed by atoms with Crippen molar-refractivity contribution in [1.82, 2.24) is 4.90 Å². The summed E-state index contributed by atoms with van der Waals surface area (Å²) in [5.74, 6) is 2.12. The van der Waals surface area contributed by atoms with E-state index in [1.807, 2.05) is 6.92 Å². The van der Waals surface area contributed by atoms with E-state index in [4.69, 9.17) is 0 Å². The van der Waals surface area contributed by atoms with Gasteiger partial charge in [-0.05, 0) is 24.7 Å². The van der Waals surface area contributed by atoms with Crippen LogP contribution in [0, 0.1) is 11.8 Å². The molecule has 0 radical (unpaired) electrons. The summed E-state index contributed by atoms with van der Waals surface area (Å²) in [6.07, 6.45) is 7.52. The van der Waals surface area contributed by atoms with Gasteiger partial charge in [-0.15, -0.1) is 0 Å². The zero-order chi connectivity index (χ0) is 9.97. The van der Waals surface area contributed by atoms with E-state index >= 15 is 0 Å². The number of likely N-dealkylation sites (tertiary alicyclic amines) is 1. The maximum absolute atomic E-state index is 11.6. The van der Waals surface area contributed by atoms with Crippen LogP contribution in [-0.2, 0) is 4.79 Å². The number of nitrogens with zero attached hydrogens (tertiary/aromatic N) is 1. The summed E-state index contributed by atoms with van der Waals surface area (Å²) in [6, 6.07) is 0. The molecule has 2 rings (SSSR count). The van der Waals surface area contributed by atoms with E-state index in [1.54, 1.807) is 0 Å². The van der Waals surface area contributed by atoms with E-state index in [9.17, 15) is 4.79 Å². The molecular weight excluding hydrogens is 174 g/mol. The van der Waals surface area contributed by atoms with Gasteiger partial charge < -0.3 is 4.90 Å². The average molecular weight is 195 g/mol. The van der Waals surface area contributed by atoms with Gasteiger partial charge in [0.25, 0.3) is 0 Å². The van der Waals surface area contributed by atoms with E-state index in [0.29, 0.717) is 12.3 Å². The first-order valence-corrected chi connectivity index (χ1v) is 6.09. The number of fused-ring (bicyclic) bond motifs is 1. The third-order valence-electron chi connectivity index (χ3n) is 3.95. The molecule has 0 N–H and O–H groups in total. The van der Waals surface area contributed by atoms with Crippen molar-refractivity contribution in [3.8, 4) is 0 Å². The van der Waals surface area contributed by atoms with Crippen LogP contribution in [0.15, 0.2) is 0 Å². The number of carbonyl (C=O) groups is 1. The van der Waals surface area contributed by atoms with Gasteiger partial charge in [0.15, 0.2) is 0 Å². The fraction of sp³-hybridized carbons (Fsp3) is 0.917. The van der Waals surface area contributed by atoms with Crippen LogP contribution in [0.1, 0.15) is 45.4 Å². The lowest BCUT2D eigenvalue weighted by atomic mass is 9.75. The monoisotopic (exact) mass is 195 g/mol. The molecule has 14 heavy (non-hydrogen) atoms. The molecule has 0 spiro atoms. The second kappa shape index (κ2) is 4.33. The van der Waals surface area contributed by atoms with Crippen LogP contribution in [-0.4, -0.2) is 23.9 Å². The van der Waals surface area contributed by atoms with Crippen LogP contribution in [0.4, 0.5) is 0 Å². The molecule has 2 fully saturated rings. The van der Waals surface area contributed by atoms with Crippen molar-refractivity contribution in [2.45, 2.75) is 45.4 Å². The van der Waals surface area contributed by atoms with Gasteiger partial charge in [-0.2, -0.15) is 0 Å². The third-order valence-corrected chi connectivity index (χ3v) is 3.95. The van der Waals surface area contributed by atoms with Crippen molar-refractivity contribution in [1.29, 1.82) is 0 Å². The smallest absolute Gasteiger partial charge is 0.222 e. The Morgan fingerprint density at radius 2 is 1.93 bits per heavy atom. The molecule has 2 nitrogen and oxygen atoms in total. The van der Waals surface area contributed by atoms with Crippen LogP contribution in [0.3, 0.4) is 0 Å². The molecule has 0 aromatic rings. The largest absolute Gasteiger partial charge is 0.342 e. The zero-order valence-corrected chi connectivity index (χ0v) is 9.17. The highest BCUT2D eigenvalue weighted by Gasteiger charge is 2.32. The Hall–Kier alpha value is -0.530. The first-order chi connectivity index (χ1) is 6.81. The Labute approximate surface area is 86.7 Å². The lowest BCUT2D eigenvalue weighted by molar-refractivity contribution is -0.133. The predicted molar refractivity (Wildman–Crippen MR) is 56.9 cm³/mol. The van der Waals surface area contributed by atoms with Crippen molar-refractivity contribution >= 4 is 5.91 Å². The van der Waals surface area contributed by atoms with Gasteiger partial charge in [-0.1, -0.05) is 26.2 Å². The molecule has 2 heteroatoms. The summed E-state index contributed by atoms with van der Waals surface area (Å²) in [5.41, 5.74) is 0. The van der Waals surface area contributed by atoms with Crippen LogP contribution in [0.5, 0.6) is 0 Å². The molecule has 1 aliphatic carbocycles. The molecule has 0 aromatic heterocycles. The van der Waals surface area contributed by atoms with Gasteiger partial charge >= 0.3 is 0 Å². The summed E-state index contributed by atoms with van der Waals surface area (Å²) in [5, 5.41) is 0. The summed E-state index contributed by atoms with van der Waals surface area (Å²) < 4.78 is 0. The lowest BCUT2D eigenvalue weighted by Crippen LogP contribution is -2.44. The fourth-order valence-corrected chi connectivity index (χ4v) is 3.05. The quantitative estimate of drug-likeness (QED) is 0.629. The lowest BCUT2D eigenvalue weighted by Gasteiger charge is -2.41. The Bertz CT molecular complexity index is 214. The van der Waals surface area contributed by atoms with Crippen molar-refractivity contribution in [3.05, 3.63) is 0 Å². The number of piperidine rings is 1. The van der Waals surface area contributed by atoms with E-state index < -0.39 is 0 Å². The first-order valence-electron chi connectivity index (χ1n) is 6.09. The highest BCUT2D eigenvalue weighted by Crippen LogP contribution is 2.36. The zero-order valence-electron chi connectivity index (χ0n) is 9.17. The SMILES string of the molecule is CCC(=O)N1CC[C@H]2CCCC[C@@H]2C1. The number of hydrogen-bond donors (Lipinski definition) is 0. The molecule has 1 heterocycles. The minimum absolute atomic E-state index is 0.356. The molecular formula is C12H21NO. The molecule has 1 saturated heterocycles. The van der Waals surface area contributed by atoms with E-state index in [2.05, 4.69) is 4.90 Å². The highest BCUT2D eigenvalue weighted by molar-refractivity contribution is 5.75. The first kappa shape index (κ1) is 10.0. The van der Waals surface area contributed by atoms with Crippen LogP contribution in [0.25, 0.3) is 0 Å². The molecule has 2 atom stereocenters. The van der Waals surface area contributed by atoms with Crippen molar-refractivity contribution in [3.63, 3.8) is 0 Å². The molecule has 1 saturated carbocycles. The second-order valence-electron chi connectivity index (χ2n) is 4.79. The standard InChI is InChI=1S/C12H21NO/c1-2-12(14)13-8-7-10-5-3-4-6-11(10)9-13/h10-11H,2-9H2,1H3/t10-,11-/m1/s1. The molecule has 1 aliphatic heterocycles. The van der Waals surface area contributed by atoms with Gasteiger partial charge in [0.1, 0.15) is 0 Å². The molecule has 80 valence electrons. The van der Waals surface area contributed by atoms with E-state index in [0.717, 1.165) is 24.9 Å². The fourth-order valence-electron chi connectivity index (χ4n) is 3.05. The highest BCUT2D eigenvalue weighted by atomic mass is 16.2. The van der Waals surface area contributed by atoms with E-state index in [-0.39, 0.29) is 0 Å². The maximum Gasteiger partial charge on any atom is 0.222 e. The molecule has 0 unspecified atom stereocenters. The normalized spacial score (nSPS) is 32.5. The van der Waals surface area contributed by atoms with E-state index in [1.165, 1.54) is 32.1 Å². The van der Waals surface area contributed by atoms with Crippen LogP contribution in [0.2, 0.25) is 0 Å². The maximum atomic E-state index is 11.6. The van der Waals surface area contributed by atoms with Gasteiger partial charge in [0.05, 0.1) is 0 Å². The Kier molecular flexibility index (Phi) is 3.09. The molecule has 0 bridgehead atoms. The van der Waals surface area contributed by atoms with Crippen molar-refractivity contribution in [2.75, 3.05) is 13.1 Å². The topological polar surface area (TPSA) is 20.3 Å². The Morgan fingerprint density at radius 1 is 1.21 bits per heavy atom.